The molecule has 0 bridgehead atoms. The maximum atomic E-state index is 10.7. The van der Waals surface area contributed by atoms with Gasteiger partial charge in [0, 0.05) is 18.4 Å². The summed E-state index contributed by atoms with van der Waals surface area (Å²) in [6, 6.07) is 3.63. The van der Waals surface area contributed by atoms with Gasteiger partial charge in [-0.1, -0.05) is 6.07 Å². The van der Waals surface area contributed by atoms with Crippen molar-refractivity contribution in [2.45, 2.75) is 12.5 Å². The van der Waals surface area contributed by atoms with Crippen molar-refractivity contribution in [1.82, 2.24) is 5.32 Å². The predicted octanol–water partition coefficient (Wildman–Crippen LogP) is -0.0356. The summed E-state index contributed by atoms with van der Waals surface area (Å²) in [5.74, 6) is -0.742. The van der Waals surface area contributed by atoms with Crippen molar-refractivity contribution in [3.05, 3.63) is 23.8 Å². The van der Waals surface area contributed by atoms with Crippen molar-refractivity contribution >= 4 is 48.2 Å². The molecule has 0 aliphatic rings. The molecule has 7 heteroatoms. The zero-order valence-electron chi connectivity index (χ0n) is 9.13. The monoisotopic (exact) mass is 281 g/mol. The maximum absolute atomic E-state index is 10.7. The number of aliphatic carboxylic acids is 1. The van der Waals surface area contributed by atoms with E-state index >= 15 is 0 Å². The van der Waals surface area contributed by atoms with E-state index in [1.165, 1.54) is 12.1 Å². The van der Waals surface area contributed by atoms with E-state index in [1.54, 1.807) is 6.07 Å². The summed E-state index contributed by atoms with van der Waals surface area (Å²) in [4.78, 5) is 10.7. The second kappa shape index (κ2) is 8.66. The molecule has 0 saturated heterocycles. The first-order valence-electron chi connectivity index (χ1n) is 5.12. The van der Waals surface area contributed by atoms with Crippen LogP contribution < -0.4 is 5.32 Å². The Labute approximate surface area is 133 Å². The van der Waals surface area contributed by atoms with Gasteiger partial charge < -0.3 is 20.6 Å². The number of thiol groups is 1. The van der Waals surface area contributed by atoms with Crippen molar-refractivity contribution in [1.29, 1.82) is 0 Å². The average Bonchev–Trinajstić information content (AvgIpc) is 2.26. The molecule has 96 valence electrons. The normalized spacial score (nSPS) is 11.6. The molecule has 18 heavy (non-hydrogen) atoms. The summed E-state index contributed by atoms with van der Waals surface area (Å²) in [5, 5.41) is 30.2. The van der Waals surface area contributed by atoms with Gasteiger partial charge in [-0.3, -0.25) is 4.79 Å². The molecule has 0 saturated carbocycles. The third-order valence-electron chi connectivity index (χ3n) is 2.33. The fourth-order valence-corrected chi connectivity index (χ4v) is 1.66. The number of benzene rings is 1. The number of phenolic OH excluding ortho intramolecular Hbond substituents is 2. The van der Waals surface area contributed by atoms with Crippen molar-refractivity contribution in [2.24, 2.45) is 0 Å². The van der Waals surface area contributed by atoms with Gasteiger partial charge in [0.15, 0.2) is 0 Å². The molecular formula is C11H16NNaO4S. The molecule has 4 N–H and O–H groups in total. The van der Waals surface area contributed by atoms with Gasteiger partial charge in [0.25, 0.3) is 0 Å². The molecular weight excluding hydrogens is 265 g/mol. The van der Waals surface area contributed by atoms with E-state index in [2.05, 4.69) is 17.9 Å². The van der Waals surface area contributed by atoms with Crippen LogP contribution in [0.25, 0.3) is 0 Å². The Hall–Kier alpha value is -0.400. The van der Waals surface area contributed by atoms with E-state index in [0.29, 0.717) is 18.5 Å². The van der Waals surface area contributed by atoms with E-state index < -0.39 is 12.0 Å². The van der Waals surface area contributed by atoms with Gasteiger partial charge >= 0.3 is 35.5 Å². The molecule has 5 nitrogen and oxygen atoms in total. The van der Waals surface area contributed by atoms with Crippen LogP contribution in [-0.2, 0) is 11.2 Å². The molecule has 1 atom stereocenters. The number of carboxylic acids is 1. The Kier molecular flexibility index (Phi) is 8.47. The van der Waals surface area contributed by atoms with Crippen molar-refractivity contribution < 1.29 is 20.1 Å². The quantitative estimate of drug-likeness (QED) is 0.373. The van der Waals surface area contributed by atoms with Crippen LogP contribution in [0.15, 0.2) is 18.2 Å². The molecule has 0 fully saturated rings. The molecule has 0 aliphatic carbocycles. The minimum absolute atomic E-state index is 0. The second-order valence-electron chi connectivity index (χ2n) is 3.59. The van der Waals surface area contributed by atoms with Crippen LogP contribution in [-0.4, -0.2) is 69.2 Å². The molecule has 0 unspecified atom stereocenters. The number of rotatable bonds is 6. The average molecular weight is 281 g/mol. The predicted molar refractivity (Wildman–Crippen MR) is 73.9 cm³/mol. The number of nitrogens with one attached hydrogen (secondary N) is 1. The Morgan fingerprint density at radius 1 is 1.39 bits per heavy atom. The standard InChI is InChI=1S/C11H15NO4S.Na.H/c13-8-2-1-7(10(14)5-8)3-4-12-9(6-17)11(15)16;;/h1-2,5,9,12-14,17H,3-4,6H2,(H,15,16);;/t9-;;/m0../s1. The Balaban J connectivity index is 0.00000289. The van der Waals surface area contributed by atoms with E-state index in [0.717, 1.165) is 0 Å². The van der Waals surface area contributed by atoms with Gasteiger partial charge in [-0.25, -0.2) is 0 Å². The number of carbonyl (C=O) groups is 1. The Morgan fingerprint density at radius 2 is 2.06 bits per heavy atom. The second-order valence-corrected chi connectivity index (χ2v) is 3.96. The SMILES string of the molecule is O=C(O)[C@H](CS)NCCc1ccc(O)cc1O.[NaH]. The number of carboxylic acid groups (broad SMARTS) is 1. The van der Waals surface area contributed by atoms with Crippen molar-refractivity contribution in [3.63, 3.8) is 0 Å². The molecule has 1 aromatic carbocycles. The van der Waals surface area contributed by atoms with Gasteiger partial charge in [-0.05, 0) is 18.1 Å². The number of hydrogen-bond acceptors (Lipinski definition) is 5. The first kappa shape index (κ1) is 17.6. The van der Waals surface area contributed by atoms with Gasteiger partial charge in [-0.2, -0.15) is 12.6 Å². The van der Waals surface area contributed by atoms with Crippen LogP contribution >= 0.6 is 12.6 Å². The van der Waals surface area contributed by atoms with E-state index in [1.807, 2.05) is 0 Å². The summed E-state index contributed by atoms with van der Waals surface area (Å²) in [7, 11) is 0. The van der Waals surface area contributed by atoms with Crippen LogP contribution in [0.1, 0.15) is 5.56 Å². The third kappa shape index (κ3) is 5.49. The van der Waals surface area contributed by atoms with E-state index in [-0.39, 0.29) is 46.8 Å². The van der Waals surface area contributed by atoms with Crippen LogP contribution in [0.4, 0.5) is 0 Å². The first-order chi connectivity index (χ1) is 8.04. The van der Waals surface area contributed by atoms with Crippen LogP contribution in [0.3, 0.4) is 0 Å². The Morgan fingerprint density at radius 3 is 2.56 bits per heavy atom. The van der Waals surface area contributed by atoms with Gasteiger partial charge in [0.05, 0.1) is 0 Å². The van der Waals surface area contributed by atoms with Crippen molar-refractivity contribution in [3.8, 4) is 11.5 Å². The van der Waals surface area contributed by atoms with Gasteiger partial charge in [0.2, 0.25) is 0 Å². The molecule has 0 heterocycles. The van der Waals surface area contributed by atoms with Crippen LogP contribution in [0.2, 0.25) is 0 Å². The molecule has 1 rings (SSSR count). The summed E-state index contributed by atoms with van der Waals surface area (Å²) in [5.41, 5.74) is 0.651. The molecule has 0 spiro atoms. The third-order valence-corrected chi connectivity index (χ3v) is 2.70. The molecule has 1 aromatic rings. The summed E-state index contributed by atoms with van der Waals surface area (Å²) in [6.07, 6.45) is 0.476. The van der Waals surface area contributed by atoms with Crippen LogP contribution in [0, 0.1) is 0 Å². The van der Waals surface area contributed by atoms with Gasteiger partial charge in [-0.15, -0.1) is 0 Å². The van der Waals surface area contributed by atoms with Gasteiger partial charge in [0.1, 0.15) is 17.5 Å². The molecule has 0 aliphatic heterocycles. The molecule has 0 radical (unpaired) electrons. The number of phenols is 2. The zero-order valence-corrected chi connectivity index (χ0v) is 10.0. The fourth-order valence-electron chi connectivity index (χ4n) is 1.37. The molecule has 0 aromatic heterocycles. The fraction of sp³-hybridized carbons (Fsp3) is 0.364. The number of aromatic hydroxyl groups is 2. The molecule has 0 amide bonds. The topological polar surface area (TPSA) is 89.8 Å². The van der Waals surface area contributed by atoms with E-state index in [9.17, 15) is 9.90 Å². The Bertz CT molecular complexity index is 403. The first-order valence-corrected chi connectivity index (χ1v) is 5.75. The van der Waals surface area contributed by atoms with E-state index in [4.69, 9.17) is 10.2 Å². The summed E-state index contributed by atoms with van der Waals surface area (Å²) in [6.45, 7) is 0.413. The number of hydrogen-bond donors (Lipinski definition) is 5. The van der Waals surface area contributed by atoms with Crippen LogP contribution in [0.5, 0.6) is 11.5 Å². The van der Waals surface area contributed by atoms with Crippen molar-refractivity contribution in [2.75, 3.05) is 12.3 Å². The minimum atomic E-state index is -0.949. The zero-order chi connectivity index (χ0) is 12.8. The summed E-state index contributed by atoms with van der Waals surface area (Å²) < 4.78 is 0. The summed E-state index contributed by atoms with van der Waals surface area (Å²) >= 11 is 3.92.